The molecule has 2 aromatic carbocycles. The molecule has 0 saturated carbocycles. The van der Waals surface area contributed by atoms with Crippen molar-refractivity contribution in [3.05, 3.63) is 73.8 Å². The number of nitro groups is 2. The minimum Gasteiger partial charge on any atom is -0.465 e. The van der Waals surface area contributed by atoms with Crippen molar-refractivity contribution in [1.29, 1.82) is 0 Å². The van der Waals surface area contributed by atoms with Crippen LogP contribution in [-0.4, -0.2) is 66.3 Å². The van der Waals surface area contributed by atoms with Crippen LogP contribution in [0.3, 0.4) is 0 Å². The normalized spacial score (nSPS) is 14.2. The number of rotatable bonds is 7. The van der Waals surface area contributed by atoms with Crippen molar-refractivity contribution in [3.8, 4) is 0 Å². The van der Waals surface area contributed by atoms with Gasteiger partial charge in [-0.2, -0.15) is 0 Å². The number of piperazine rings is 1. The number of Topliss-reactive ketones (excluding diaryl/α,β-unsaturated/α-hetero) is 1. The van der Waals surface area contributed by atoms with Gasteiger partial charge in [0, 0.05) is 49.9 Å². The highest BCUT2D eigenvalue weighted by atomic mass is 16.6. The maximum atomic E-state index is 12.5. The quantitative estimate of drug-likeness (QED) is 0.281. The zero-order valence-electron chi connectivity index (χ0n) is 16.7. The number of methoxy groups -OCH3 is 1. The lowest BCUT2D eigenvalue weighted by molar-refractivity contribution is -0.384. The summed E-state index contributed by atoms with van der Waals surface area (Å²) in [7, 11) is 1.20. The first-order valence-electron chi connectivity index (χ1n) is 9.42. The van der Waals surface area contributed by atoms with E-state index in [0.717, 1.165) is 0 Å². The molecule has 2 aromatic rings. The number of benzene rings is 2. The average molecular weight is 428 g/mol. The van der Waals surface area contributed by atoms with Crippen LogP contribution in [0.5, 0.6) is 0 Å². The van der Waals surface area contributed by atoms with E-state index in [1.165, 1.54) is 49.6 Å². The van der Waals surface area contributed by atoms with Gasteiger partial charge in [-0.25, -0.2) is 4.79 Å². The molecule has 0 amide bonds. The van der Waals surface area contributed by atoms with Crippen molar-refractivity contribution in [2.45, 2.75) is 0 Å². The molecule has 1 aliphatic rings. The fourth-order valence-electron chi connectivity index (χ4n) is 3.42. The van der Waals surface area contributed by atoms with Crippen LogP contribution in [0, 0.1) is 20.2 Å². The van der Waals surface area contributed by atoms with Crippen molar-refractivity contribution in [1.82, 2.24) is 4.90 Å². The van der Waals surface area contributed by atoms with Crippen LogP contribution in [0.1, 0.15) is 20.7 Å². The summed E-state index contributed by atoms with van der Waals surface area (Å²) in [6.07, 6.45) is 0. The Morgan fingerprint density at radius 3 is 2.29 bits per heavy atom. The van der Waals surface area contributed by atoms with Gasteiger partial charge in [0.05, 0.1) is 29.1 Å². The molecule has 0 bridgehead atoms. The Labute approximate surface area is 177 Å². The largest absolute Gasteiger partial charge is 0.465 e. The first kappa shape index (κ1) is 21.8. The fraction of sp³-hybridized carbons (Fsp3) is 0.300. The molecule has 0 aliphatic carbocycles. The van der Waals surface area contributed by atoms with E-state index in [0.29, 0.717) is 31.9 Å². The molecule has 0 atom stereocenters. The SMILES string of the molecule is COC(=O)c1ccc(N2CCN(CC(=O)c3cccc([N+](=O)[O-])c3)CC2)c([N+](=O)[O-])c1. The molecular weight excluding hydrogens is 408 g/mol. The molecule has 3 rings (SSSR count). The summed E-state index contributed by atoms with van der Waals surface area (Å²) >= 11 is 0. The minimum atomic E-state index is -0.654. The van der Waals surface area contributed by atoms with Gasteiger partial charge in [-0.1, -0.05) is 12.1 Å². The number of hydrogen-bond acceptors (Lipinski definition) is 9. The van der Waals surface area contributed by atoms with Crippen LogP contribution in [-0.2, 0) is 4.74 Å². The van der Waals surface area contributed by atoms with Gasteiger partial charge >= 0.3 is 5.97 Å². The second kappa shape index (κ2) is 9.30. The molecule has 0 unspecified atom stereocenters. The Morgan fingerprint density at radius 1 is 0.968 bits per heavy atom. The topological polar surface area (TPSA) is 136 Å². The monoisotopic (exact) mass is 428 g/mol. The molecule has 162 valence electrons. The molecular formula is C20H20N4O7. The highest BCUT2D eigenvalue weighted by molar-refractivity contribution is 5.98. The maximum absolute atomic E-state index is 12.5. The molecule has 1 saturated heterocycles. The molecule has 11 nitrogen and oxygen atoms in total. The summed E-state index contributed by atoms with van der Waals surface area (Å²) in [6, 6.07) is 9.79. The number of nitrogens with zero attached hydrogens (tertiary/aromatic N) is 4. The Kier molecular flexibility index (Phi) is 6.55. The van der Waals surface area contributed by atoms with Crippen LogP contribution in [0.2, 0.25) is 0 Å². The van der Waals surface area contributed by atoms with Gasteiger partial charge in [0.1, 0.15) is 5.69 Å². The Hall–Kier alpha value is -3.86. The predicted octanol–water partition coefficient (Wildman–Crippen LogP) is 2.29. The lowest BCUT2D eigenvalue weighted by Gasteiger charge is -2.35. The summed E-state index contributed by atoms with van der Waals surface area (Å²) < 4.78 is 4.61. The van der Waals surface area contributed by atoms with Crippen LogP contribution in [0.15, 0.2) is 42.5 Å². The molecule has 0 aromatic heterocycles. The Balaban J connectivity index is 1.66. The van der Waals surface area contributed by atoms with Crippen molar-refractivity contribution in [2.75, 3.05) is 44.7 Å². The number of non-ortho nitro benzene ring substituents is 1. The van der Waals surface area contributed by atoms with Gasteiger partial charge in [-0.05, 0) is 12.1 Å². The standard InChI is InChI=1S/C20H20N4O7/c1-31-20(26)15-5-6-17(18(12-15)24(29)30)22-9-7-21(8-10-22)13-19(25)14-3-2-4-16(11-14)23(27)28/h2-6,11-12H,7-10,13H2,1H3. The van der Waals surface area contributed by atoms with Crippen LogP contribution >= 0.6 is 0 Å². The van der Waals surface area contributed by atoms with Crippen molar-refractivity contribution in [3.63, 3.8) is 0 Å². The summed E-state index contributed by atoms with van der Waals surface area (Å²) in [5.74, 6) is -0.885. The fourth-order valence-corrected chi connectivity index (χ4v) is 3.42. The first-order valence-corrected chi connectivity index (χ1v) is 9.42. The molecule has 0 N–H and O–H groups in total. The molecule has 11 heteroatoms. The lowest BCUT2D eigenvalue weighted by Crippen LogP contribution is -2.48. The van der Waals surface area contributed by atoms with E-state index in [4.69, 9.17) is 0 Å². The van der Waals surface area contributed by atoms with Gasteiger partial charge in [-0.15, -0.1) is 0 Å². The van der Waals surface area contributed by atoms with Crippen molar-refractivity contribution < 1.29 is 24.2 Å². The second-order valence-electron chi connectivity index (χ2n) is 6.95. The highest BCUT2D eigenvalue weighted by Gasteiger charge is 2.26. The highest BCUT2D eigenvalue weighted by Crippen LogP contribution is 2.30. The van der Waals surface area contributed by atoms with Gasteiger partial charge < -0.3 is 9.64 Å². The summed E-state index contributed by atoms with van der Waals surface area (Å²) in [4.78, 5) is 49.2. The predicted molar refractivity (Wildman–Crippen MR) is 111 cm³/mol. The third kappa shape index (κ3) is 5.01. The summed E-state index contributed by atoms with van der Waals surface area (Å²) in [5.41, 5.74) is 0.425. The lowest BCUT2D eigenvalue weighted by atomic mass is 10.1. The molecule has 0 radical (unpaired) electrons. The van der Waals surface area contributed by atoms with Crippen molar-refractivity contribution >= 4 is 28.8 Å². The second-order valence-corrected chi connectivity index (χ2v) is 6.95. The smallest absolute Gasteiger partial charge is 0.338 e. The number of hydrogen-bond donors (Lipinski definition) is 0. The van der Waals surface area contributed by atoms with Crippen molar-refractivity contribution in [2.24, 2.45) is 0 Å². The third-order valence-electron chi connectivity index (χ3n) is 5.05. The zero-order chi connectivity index (χ0) is 22.5. The summed E-state index contributed by atoms with van der Waals surface area (Å²) in [5, 5.41) is 22.4. The molecule has 1 heterocycles. The number of ether oxygens (including phenoxy) is 1. The number of nitro benzene ring substituents is 2. The maximum Gasteiger partial charge on any atom is 0.338 e. The van der Waals surface area contributed by atoms with Gasteiger partial charge in [0.2, 0.25) is 0 Å². The number of ketones is 1. The molecule has 0 spiro atoms. The Morgan fingerprint density at radius 2 is 1.68 bits per heavy atom. The van der Waals surface area contributed by atoms with E-state index < -0.39 is 15.8 Å². The Bertz CT molecular complexity index is 1030. The average Bonchev–Trinajstić information content (AvgIpc) is 2.78. The molecule has 31 heavy (non-hydrogen) atoms. The first-order chi connectivity index (χ1) is 14.8. The van der Waals surface area contributed by atoms with E-state index in [9.17, 15) is 29.8 Å². The molecule has 1 fully saturated rings. The number of anilines is 1. The van der Waals surface area contributed by atoms with Gasteiger partial charge in [0.15, 0.2) is 5.78 Å². The minimum absolute atomic E-state index is 0.0956. The van der Waals surface area contributed by atoms with Crippen LogP contribution in [0.25, 0.3) is 0 Å². The van der Waals surface area contributed by atoms with Gasteiger partial charge in [-0.3, -0.25) is 29.9 Å². The van der Waals surface area contributed by atoms with E-state index in [2.05, 4.69) is 4.74 Å². The van der Waals surface area contributed by atoms with E-state index in [1.54, 1.807) is 0 Å². The zero-order valence-corrected chi connectivity index (χ0v) is 16.7. The van der Waals surface area contributed by atoms with Gasteiger partial charge in [0.25, 0.3) is 11.4 Å². The van der Waals surface area contributed by atoms with Crippen LogP contribution < -0.4 is 4.90 Å². The molecule has 1 aliphatic heterocycles. The number of esters is 1. The third-order valence-corrected chi connectivity index (χ3v) is 5.05. The number of carbonyl (C=O) groups is 2. The van der Waals surface area contributed by atoms with E-state index in [1.807, 2.05) is 9.80 Å². The summed E-state index contributed by atoms with van der Waals surface area (Å²) in [6.45, 7) is 1.95. The van der Waals surface area contributed by atoms with E-state index >= 15 is 0 Å². The van der Waals surface area contributed by atoms with E-state index in [-0.39, 0.29) is 34.8 Å². The number of carbonyl (C=O) groups excluding carboxylic acids is 2. The van der Waals surface area contributed by atoms with Crippen LogP contribution in [0.4, 0.5) is 17.1 Å².